The molecular formula is C21H42N2O8. The molecule has 31 heavy (non-hydrogen) atoms. The minimum Gasteiger partial charge on any atom is -0.389 e. The topological polar surface area (TPSA) is 164 Å². The number of hydrogen-bond donors (Lipinski definition) is 8. The van der Waals surface area contributed by atoms with Crippen LogP contribution >= 0.6 is 0 Å². The number of hydrogen-bond acceptors (Lipinski definition) is 10. The zero-order valence-corrected chi connectivity index (χ0v) is 18.5. The maximum atomic E-state index is 10.1. The normalized spacial score (nSPS) is 41.3. The first kappa shape index (κ1) is 26.8. The Hall–Kier alpha value is -0.400. The van der Waals surface area contributed by atoms with Crippen LogP contribution in [-0.2, 0) is 9.47 Å². The highest BCUT2D eigenvalue weighted by molar-refractivity contribution is 4.98. The lowest BCUT2D eigenvalue weighted by Gasteiger charge is -2.42. The Bertz CT molecular complexity index is 473. The zero-order valence-electron chi connectivity index (χ0n) is 18.5. The van der Waals surface area contributed by atoms with Crippen molar-refractivity contribution >= 4 is 0 Å². The van der Waals surface area contributed by atoms with Gasteiger partial charge in [0.05, 0.1) is 31.5 Å². The lowest BCUT2D eigenvalue weighted by Crippen LogP contribution is -2.66. The highest BCUT2D eigenvalue weighted by Crippen LogP contribution is 2.22. The predicted octanol–water partition coefficient (Wildman–Crippen LogP) is -1.79. The van der Waals surface area contributed by atoms with Gasteiger partial charge in [-0.3, -0.25) is 0 Å². The van der Waals surface area contributed by atoms with Crippen molar-refractivity contribution in [2.45, 2.75) is 107 Å². The molecule has 10 heteroatoms. The third kappa shape index (κ3) is 8.15. The summed E-state index contributed by atoms with van der Waals surface area (Å²) in [6.45, 7) is 4.30. The molecular weight excluding hydrogens is 408 g/mol. The van der Waals surface area contributed by atoms with Crippen LogP contribution < -0.4 is 10.6 Å². The van der Waals surface area contributed by atoms with E-state index in [0.29, 0.717) is 6.42 Å². The van der Waals surface area contributed by atoms with Crippen molar-refractivity contribution in [2.24, 2.45) is 0 Å². The summed E-state index contributed by atoms with van der Waals surface area (Å²) in [6, 6.07) is -1.03. The Balaban J connectivity index is 0.000000488. The molecule has 0 spiro atoms. The van der Waals surface area contributed by atoms with Crippen molar-refractivity contribution in [3.05, 3.63) is 0 Å². The molecule has 0 bridgehead atoms. The number of unbranched alkanes of at least 4 members (excludes halogenated alkanes) is 2. The van der Waals surface area contributed by atoms with E-state index in [1.165, 1.54) is 32.4 Å². The van der Waals surface area contributed by atoms with Crippen LogP contribution in [0.1, 0.15) is 51.9 Å². The van der Waals surface area contributed by atoms with Crippen molar-refractivity contribution in [1.82, 2.24) is 10.6 Å². The van der Waals surface area contributed by atoms with E-state index in [1.807, 2.05) is 0 Å². The molecule has 3 heterocycles. The molecule has 0 aromatic rings. The van der Waals surface area contributed by atoms with E-state index < -0.39 is 49.0 Å². The molecule has 9 atom stereocenters. The molecule has 0 aromatic carbocycles. The van der Waals surface area contributed by atoms with Gasteiger partial charge in [-0.15, -0.1) is 0 Å². The van der Waals surface area contributed by atoms with Crippen LogP contribution in [0, 0.1) is 0 Å². The van der Waals surface area contributed by atoms with Crippen LogP contribution in [0.5, 0.6) is 0 Å². The predicted molar refractivity (Wildman–Crippen MR) is 113 cm³/mol. The summed E-state index contributed by atoms with van der Waals surface area (Å²) in [7, 11) is 0. The molecule has 3 fully saturated rings. The molecule has 3 aliphatic heterocycles. The maximum absolute atomic E-state index is 10.1. The van der Waals surface area contributed by atoms with E-state index in [-0.39, 0.29) is 19.3 Å². The molecule has 0 saturated carbocycles. The van der Waals surface area contributed by atoms with Gasteiger partial charge < -0.3 is 50.7 Å². The Morgan fingerprint density at radius 2 is 1.48 bits per heavy atom. The van der Waals surface area contributed by atoms with E-state index in [0.717, 1.165) is 19.3 Å². The lowest BCUT2D eigenvalue weighted by atomic mass is 9.88. The summed E-state index contributed by atoms with van der Waals surface area (Å²) in [5.41, 5.74) is 0. The Kier molecular flexibility index (Phi) is 12.1. The van der Waals surface area contributed by atoms with Crippen LogP contribution in [-0.4, -0.2) is 112 Å². The number of ether oxygens (including phenoxy) is 2. The van der Waals surface area contributed by atoms with Gasteiger partial charge >= 0.3 is 0 Å². The van der Waals surface area contributed by atoms with Gasteiger partial charge in [0.25, 0.3) is 0 Å². The first-order valence-electron chi connectivity index (χ1n) is 11.6. The molecule has 3 aliphatic rings. The van der Waals surface area contributed by atoms with Gasteiger partial charge in [0.1, 0.15) is 24.4 Å². The monoisotopic (exact) mass is 450 g/mol. The number of nitrogens with one attached hydrogen (secondary N) is 2. The Morgan fingerprint density at radius 3 is 2.06 bits per heavy atom. The quantitative estimate of drug-likeness (QED) is 0.208. The van der Waals surface area contributed by atoms with Crippen LogP contribution in [0.3, 0.4) is 0 Å². The fraction of sp³-hybridized carbons (Fsp3) is 1.00. The van der Waals surface area contributed by atoms with Gasteiger partial charge in [-0.05, 0) is 32.4 Å². The van der Waals surface area contributed by atoms with Crippen molar-refractivity contribution in [2.75, 3.05) is 26.3 Å². The summed E-state index contributed by atoms with van der Waals surface area (Å²) >= 11 is 0. The first-order valence-corrected chi connectivity index (χ1v) is 11.6. The fourth-order valence-corrected chi connectivity index (χ4v) is 4.09. The summed E-state index contributed by atoms with van der Waals surface area (Å²) in [4.78, 5) is 0. The number of aliphatic hydroxyl groups excluding tert-OH is 6. The third-order valence-electron chi connectivity index (χ3n) is 6.17. The molecule has 4 unspecified atom stereocenters. The Morgan fingerprint density at radius 1 is 0.806 bits per heavy atom. The van der Waals surface area contributed by atoms with E-state index in [9.17, 15) is 30.6 Å². The average molecular weight is 451 g/mol. The van der Waals surface area contributed by atoms with Gasteiger partial charge in [0.15, 0.2) is 6.29 Å². The lowest BCUT2D eigenvalue weighted by molar-refractivity contribution is -0.274. The van der Waals surface area contributed by atoms with Crippen molar-refractivity contribution in [3.63, 3.8) is 0 Å². The van der Waals surface area contributed by atoms with Crippen molar-refractivity contribution in [1.29, 1.82) is 0 Å². The van der Waals surface area contributed by atoms with Crippen molar-refractivity contribution < 1.29 is 40.1 Å². The maximum Gasteiger partial charge on any atom is 0.186 e. The summed E-state index contributed by atoms with van der Waals surface area (Å²) < 4.78 is 10.6. The first-order chi connectivity index (χ1) is 14.9. The summed E-state index contributed by atoms with van der Waals surface area (Å²) in [5, 5.41) is 65.6. The van der Waals surface area contributed by atoms with Crippen LogP contribution in [0.25, 0.3) is 0 Å². The fourth-order valence-electron chi connectivity index (χ4n) is 4.09. The SMILES string of the molecule is C1CCNCC1.CCCCC[C@@H]1N[C@H](COC2OCC(O)C(O)C2O)[C@@H](O)[C@H](O)[C@H]1O. The second kappa shape index (κ2) is 14.0. The van der Waals surface area contributed by atoms with E-state index in [4.69, 9.17) is 9.47 Å². The van der Waals surface area contributed by atoms with E-state index in [2.05, 4.69) is 17.6 Å². The van der Waals surface area contributed by atoms with Gasteiger partial charge in [-0.25, -0.2) is 0 Å². The van der Waals surface area contributed by atoms with Crippen LogP contribution in [0.2, 0.25) is 0 Å². The minimum absolute atomic E-state index is 0.0975. The number of aliphatic hydroxyl groups is 6. The van der Waals surface area contributed by atoms with Gasteiger partial charge in [-0.2, -0.15) is 0 Å². The van der Waals surface area contributed by atoms with E-state index >= 15 is 0 Å². The third-order valence-corrected chi connectivity index (χ3v) is 6.17. The molecule has 3 rings (SSSR count). The molecule has 0 radical (unpaired) electrons. The molecule has 184 valence electrons. The van der Waals surface area contributed by atoms with Gasteiger partial charge in [-0.1, -0.05) is 32.6 Å². The van der Waals surface area contributed by atoms with Crippen LogP contribution in [0.15, 0.2) is 0 Å². The van der Waals surface area contributed by atoms with Crippen molar-refractivity contribution in [3.8, 4) is 0 Å². The Labute approximate surface area is 184 Å². The largest absolute Gasteiger partial charge is 0.389 e. The molecule has 0 amide bonds. The second-order valence-corrected chi connectivity index (χ2v) is 8.74. The highest BCUT2D eigenvalue weighted by atomic mass is 16.7. The smallest absolute Gasteiger partial charge is 0.186 e. The zero-order chi connectivity index (χ0) is 22.8. The van der Waals surface area contributed by atoms with Crippen LogP contribution in [0.4, 0.5) is 0 Å². The molecule has 0 aromatic heterocycles. The highest BCUT2D eigenvalue weighted by Gasteiger charge is 2.43. The van der Waals surface area contributed by atoms with Gasteiger partial charge in [0, 0.05) is 6.04 Å². The summed E-state index contributed by atoms with van der Waals surface area (Å²) in [6.07, 6.45) is -0.943. The average Bonchev–Trinajstić information content (AvgIpc) is 2.79. The second-order valence-electron chi connectivity index (χ2n) is 8.74. The molecule has 8 N–H and O–H groups in total. The van der Waals surface area contributed by atoms with Gasteiger partial charge in [0.2, 0.25) is 0 Å². The standard InChI is InChI=1S/C16H31NO8.C5H11N/c1-2-3-4-5-8-11(19)14(22)12(20)9(17-8)6-24-16-15(23)13(21)10(18)7-25-16;1-2-4-6-5-3-1/h8-23H,2-7H2,1H3;6H,1-5H2/t8-,9+,10?,11-,12+,13?,14+,15?,16?;/m0./s1. The van der Waals surface area contributed by atoms with E-state index in [1.54, 1.807) is 0 Å². The summed E-state index contributed by atoms with van der Waals surface area (Å²) in [5.74, 6) is 0. The number of piperidine rings is 2. The number of rotatable bonds is 7. The molecule has 3 saturated heterocycles. The molecule has 10 nitrogen and oxygen atoms in total. The minimum atomic E-state index is -1.42. The molecule has 0 aliphatic carbocycles.